The van der Waals surface area contributed by atoms with Crippen LogP contribution in [-0.4, -0.2) is 21.3 Å². The molecule has 4 heteroatoms. The van der Waals surface area contributed by atoms with E-state index >= 15 is 0 Å². The molecule has 14 heavy (non-hydrogen) atoms. The summed E-state index contributed by atoms with van der Waals surface area (Å²) in [6.45, 7) is 6.11. The van der Waals surface area contributed by atoms with Gasteiger partial charge >= 0.3 is 0 Å². The lowest BCUT2D eigenvalue weighted by Crippen LogP contribution is -2.08. The van der Waals surface area contributed by atoms with Gasteiger partial charge in [0.1, 0.15) is 12.2 Å². The minimum Gasteiger partial charge on any atom is -0.330 e. The van der Waals surface area contributed by atoms with Crippen molar-refractivity contribution >= 4 is 0 Å². The van der Waals surface area contributed by atoms with Gasteiger partial charge in [-0.3, -0.25) is 0 Å². The molecular weight excluding hydrogens is 176 g/mol. The van der Waals surface area contributed by atoms with Crippen molar-refractivity contribution in [3.8, 4) is 0 Å². The molecule has 0 aliphatic rings. The summed E-state index contributed by atoms with van der Waals surface area (Å²) in [5.74, 6) is 1.56. The Morgan fingerprint density at radius 2 is 2.36 bits per heavy atom. The zero-order valence-corrected chi connectivity index (χ0v) is 9.11. The summed E-state index contributed by atoms with van der Waals surface area (Å²) in [7, 11) is 0. The molecule has 2 N–H and O–H groups in total. The number of aromatic nitrogens is 3. The second-order valence-corrected chi connectivity index (χ2v) is 3.71. The Bertz CT molecular complexity index is 256. The minimum atomic E-state index is 0.465. The third-order valence-electron chi connectivity index (χ3n) is 2.39. The van der Waals surface area contributed by atoms with E-state index in [0.717, 1.165) is 38.2 Å². The molecule has 0 spiro atoms. The van der Waals surface area contributed by atoms with E-state index in [1.165, 1.54) is 0 Å². The maximum atomic E-state index is 5.48. The molecule has 0 aliphatic carbocycles. The Balaban J connectivity index is 2.58. The van der Waals surface area contributed by atoms with Crippen LogP contribution in [0.15, 0.2) is 6.33 Å². The molecule has 0 fully saturated rings. The standard InChI is InChI=1S/C10H20N4/c1-3-7-14-8-12-13-10(14)9(2)5-4-6-11/h8-9H,3-7,11H2,1-2H3. The molecule has 0 aromatic carbocycles. The number of nitrogens with zero attached hydrogens (tertiary/aromatic N) is 3. The molecule has 0 amide bonds. The Labute approximate surface area is 85.5 Å². The normalized spacial score (nSPS) is 13.1. The summed E-state index contributed by atoms with van der Waals surface area (Å²) in [4.78, 5) is 0. The maximum Gasteiger partial charge on any atom is 0.135 e. The Hall–Kier alpha value is -0.900. The van der Waals surface area contributed by atoms with E-state index in [4.69, 9.17) is 5.73 Å². The maximum absolute atomic E-state index is 5.48. The summed E-state index contributed by atoms with van der Waals surface area (Å²) in [6.07, 6.45) is 5.09. The SMILES string of the molecule is CCCn1cnnc1C(C)CCCN. The van der Waals surface area contributed by atoms with Crippen molar-refractivity contribution in [1.29, 1.82) is 0 Å². The van der Waals surface area contributed by atoms with Gasteiger partial charge in [0, 0.05) is 12.5 Å². The molecule has 4 nitrogen and oxygen atoms in total. The summed E-state index contributed by atoms with van der Waals surface area (Å²) < 4.78 is 2.14. The summed E-state index contributed by atoms with van der Waals surface area (Å²) in [6, 6.07) is 0. The summed E-state index contributed by atoms with van der Waals surface area (Å²) in [5, 5.41) is 8.11. The third-order valence-corrected chi connectivity index (χ3v) is 2.39. The highest BCUT2D eigenvalue weighted by Gasteiger charge is 2.11. The first-order chi connectivity index (χ1) is 6.79. The lowest BCUT2D eigenvalue weighted by Gasteiger charge is -2.11. The largest absolute Gasteiger partial charge is 0.330 e. The van der Waals surface area contributed by atoms with Crippen LogP contribution in [0, 0.1) is 0 Å². The smallest absolute Gasteiger partial charge is 0.135 e. The highest BCUT2D eigenvalue weighted by molar-refractivity contribution is 4.94. The van der Waals surface area contributed by atoms with E-state index in [1.54, 1.807) is 0 Å². The van der Waals surface area contributed by atoms with Crippen LogP contribution in [0.3, 0.4) is 0 Å². The molecule has 1 atom stereocenters. The van der Waals surface area contributed by atoms with Gasteiger partial charge in [0.2, 0.25) is 0 Å². The third kappa shape index (κ3) is 2.80. The van der Waals surface area contributed by atoms with Crippen LogP contribution in [0.25, 0.3) is 0 Å². The van der Waals surface area contributed by atoms with Gasteiger partial charge in [-0.2, -0.15) is 0 Å². The summed E-state index contributed by atoms with van der Waals surface area (Å²) >= 11 is 0. The second kappa shape index (κ2) is 5.75. The lowest BCUT2D eigenvalue weighted by molar-refractivity contribution is 0.552. The van der Waals surface area contributed by atoms with E-state index in [-0.39, 0.29) is 0 Å². The monoisotopic (exact) mass is 196 g/mol. The van der Waals surface area contributed by atoms with Gasteiger partial charge in [-0.15, -0.1) is 10.2 Å². The highest BCUT2D eigenvalue weighted by Crippen LogP contribution is 2.17. The molecule has 80 valence electrons. The number of nitrogens with two attached hydrogens (primary N) is 1. The van der Waals surface area contributed by atoms with Gasteiger partial charge in [-0.1, -0.05) is 13.8 Å². The quantitative estimate of drug-likeness (QED) is 0.750. The first-order valence-electron chi connectivity index (χ1n) is 5.37. The van der Waals surface area contributed by atoms with E-state index in [9.17, 15) is 0 Å². The highest BCUT2D eigenvalue weighted by atomic mass is 15.3. The van der Waals surface area contributed by atoms with Gasteiger partial charge < -0.3 is 10.3 Å². The average Bonchev–Trinajstić information content (AvgIpc) is 2.63. The summed E-state index contributed by atoms with van der Waals surface area (Å²) in [5.41, 5.74) is 5.48. The number of rotatable bonds is 6. The van der Waals surface area contributed by atoms with Crippen molar-refractivity contribution in [3.63, 3.8) is 0 Å². The van der Waals surface area contributed by atoms with Crippen molar-refractivity contribution in [2.45, 2.75) is 45.6 Å². The van der Waals surface area contributed by atoms with Crippen LogP contribution in [0.5, 0.6) is 0 Å². The number of hydrogen-bond donors (Lipinski definition) is 1. The predicted octanol–water partition coefficient (Wildman–Crippen LogP) is 1.53. The van der Waals surface area contributed by atoms with Gasteiger partial charge in [-0.25, -0.2) is 0 Å². The fourth-order valence-corrected chi connectivity index (χ4v) is 1.61. The Morgan fingerprint density at radius 1 is 1.57 bits per heavy atom. The number of hydrogen-bond acceptors (Lipinski definition) is 3. The molecular formula is C10H20N4. The van der Waals surface area contributed by atoms with Gasteiger partial charge in [0.05, 0.1) is 0 Å². The van der Waals surface area contributed by atoms with Crippen molar-refractivity contribution in [2.24, 2.45) is 5.73 Å². The van der Waals surface area contributed by atoms with Gasteiger partial charge in [0.25, 0.3) is 0 Å². The van der Waals surface area contributed by atoms with Crippen molar-refractivity contribution < 1.29 is 0 Å². The Kier molecular flexibility index (Phi) is 4.59. The molecule has 1 heterocycles. The molecule has 1 aromatic rings. The van der Waals surface area contributed by atoms with E-state index in [0.29, 0.717) is 5.92 Å². The fourth-order valence-electron chi connectivity index (χ4n) is 1.61. The minimum absolute atomic E-state index is 0.465. The van der Waals surface area contributed by atoms with Gasteiger partial charge in [0.15, 0.2) is 0 Å². The van der Waals surface area contributed by atoms with Crippen LogP contribution >= 0.6 is 0 Å². The van der Waals surface area contributed by atoms with Crippen molar-refractivity contribution in [3.05, 3.63) is 12.2 Å². The van der Waals surface area contributed by atoms with Crippen LogP contribution in [0.1, 0.15) is 44.9 Å². The average molecular weight is 196 g/mol. The van der Waals surface area contributed by atoms with E-state index < -0.39 is 0 Å². The van der Waals surface area contributed by atoms with Gasteiger partial charge in [-0.05, 0) is 25.8 Å². The molecule has 1 aromatic heterocycles. The lowest BCUT2D eigenvalue weighted by atomic mass is 10.1. The topological polar surface area (TPSA) is 56.7 Å². The molecule has 0 saturated carbocycles. The molecule has 0 aliphatic heterocycles. The molecule has 0 saturated heterocycles. The van der Waals surface area contributed by atoms with Crippen LogP contribution in [0.4, 0.5) is 0 Å². The molecule has 0 bridgehead atoms. The molecule has 1 unspecified atom stereocenters. The predicted molar refractivity (Wildman–Crippen MR) is 57.0 cm³/mol. The second-order valence-electron chi connectivity index (χ2n) is 3.71. The fraction of sp³-hybridized carbons (Fsp3) is 0.800. The van der Waals surface area contributed by atoms with E-state index in [2.05, 4.69) is 28.6 Å². The first kappa shape index (κ1) is 11.2. The van der Waals surface area contributed by atoms with Crippen LogP contribution in [0.2, 0.25) is 0 Å². The van der Waals surface area contributed by atoms with E-state index in [1.807, 2.05) is 6.33 Å². The van der Waals surface area contributed by atoms with Crippen LogP contribution < -0.4 is 5.73 Å². The molecule has 1 rings (SSSR count). The number of aryl methyl sites for hydroxylation is 1. The first-order valence-corrected chi connectivity index (χ1v) is 5.37. The Morgan fingerprint density at radius 3 is 3.00 bits per heavy atom. The zero-order chi connectivity index (χ0) is 10.4. The van der Waals surface area contributed by atoms with Crippen molar-refractivity contribution in [1.82, 2.24) is 14.8 Å². The zero-order valence-electron chi connectivity index (χ0n) is 9.11. The van der Waals surface area contributed by atoms with Crippen LogP contribution in [-0.2, 0) is 6.54 Å². The van der Waals surface area contributed by atoms with Crippen molar-refractivity contribution in [2.75, 3.05) is 6.54 Å². The molecule has 0 radical (unpaired) electrons.